The van der Waals surface area contributed by atoms with Crippen LogP contribution in [0.25, 0.3) is 0 Å². The van der Waals surface area contributed by atoms with E-state index < -0.39 is 0 Å². The molecule has 0 radical (unpaired) electrons. The van der Waals surface area contributed by atoms with E-state index in [0.29, 0.717) is 5.84 Å². The molecule has 0 amide bonds. The van der Waals surface area contributed by atoms with Gasteiger partial charge in [-0.25, -0.2) is 0 Å². The maximum atomic E-state index is 5.83. The Morgan fingerprint density at radius 1 is 1.00 bits per heavy atom. The molecule has 0 atom stereocenters. The van der Waals surface area contributed by atoms with E-state index >= 15 is 0 Å². The number of hydrogen-bond acceptors (Lipinski definition) is 5. The van der Waals surface area contributed by atoms with Crippen LogP contribution in [0.1, 0.15) is 5.56 Å². The number of benzene rings is 2. The normalized spacial score (nSPS) is 11.3. The monoisotopic (exact) mass is 278 g/mol. The number of nitrogen functional groups attached to an aromatic ring is 1. The first-order valence-electron chi connectivity index (χ1n) is 6.44. The largest absolute Gasteiger partial charge is 0.368 e. The minimum Gasteiger partial charge on any atom is -0.368 e. The number of nitrogens with zero attached hydrogens (tertiary/aromatic N) is 4. The molecule has 0 bridgehead atoms. The standard InChI is InChI=1S/C15H14N6/c16-15-17-11-18-21(15)14(12-7-3-1-4-8-12)20-19-13-9-5-2-6-10-13/h1-11,19H,(H2,16,17,18)/b20-14-. The predicted molar refractivity (Wildman–Crippen MR) is 82.9 cm³/mol. The van der Waals surface area contributed by atoms with Crippen LogP contribution in [0.2, 0.25) is 0 Å². The van der Waals surface area contributed by atoms with E-state index in [2.05, 4.69) is 20.6 Å². The highest BCUT2D eigenvalue weighted by atomic mass is 15.4. The van der Waals surface area contributed by atoms with Crippen molar-refractivity contribution in [2.75, 3.05) is 11.2 Å². The second kappa shape index (κ2) is 5.87. The van der Waals surface area contributed by atoms with E-state index in [1.54, 1.807) is 0 Å². The molecular weight excluding hydrogens is 264 g/mol. The highest BCUT2D eigenvalue weighted by Crippen LogP contribution is 2.09. The van der Waals surface area contributed by atoms with Crippen LogP contribution in [0.3, 0.4) is 0 Å². The lowest BCUT2D eigenvalue weighted by molar-refractivity contribution is 0.937. The summed E-state index contributed by atoms with van der Waals surface area (Å²) in [5.41, 5.74) is 10.6. The van der Waals surface area contributed by atoms with Crippen molar-refractivity contribution in [3.8, 4) is 0 Å². The number of nitrogens with one attached hydrogen (secondary N) is 1. The Morgan fingerprint density at radius 2 is 1.67 bits per heavy atom. The Morgan fingerprint density at radius 3 is 2.29 bits per heavy atom. The molecule has 0 aliphatic rings. The molecule has 0 fully saturated rings. The van der Waals surface area contributed by atoms with E-state index in [1.807, 2.05) is 60.7 Å². The number of hydrogen-bond donors (Lipinski definition) is 2. The molecule has 6 heteroatoms. The fourth-order valence-corrected chi connectivity index (χ4v) is 1.87. The summed E-state index contributed by atoms with van der Waals surface area (Å²) in [4.78, 5) is 3.94. The third kappa shape index (κ3) is 2.89. The number of nitrogens with two attached hydrogens (primary N) is 1. The number of para-hydroxylation sites is 1. The van der Waals surface area contributed by atoms with Gasteiger partial charge in [0, 0.05) is 5.56 Å². The summed E-state index contributed by atoms with van der Waals surface area (Å²) >= 11 is 0. The summed E-state index contributed by atoms with van der Waals surface area (Å²) in [6, 6.07) is 19.3. The van der Waals surface area contributed by atoms with Crippen molar-refractivity contribution in [2.24, 2.45) is 5.10 Å². The second-order valence-corrected chi connectivity index (χ2v) is 4.31. The zero-order valence-electron chi connectivity index (χ0n) is 11.2. The summed E-state index contributed by atoms with van der Waals surface area (Å²) in [7, 11) is 0. The first kappa shape index (κ1) is 12.9. The second-order valence-electron chi connectivity index (χ2n) is 4.31. The number of aromatic nitrogens is 3. The van der Waals surface area contributed by atoms with Crippen LogP contribution in [-0.4, -0.2) is 20.6 Å². The van der Waals surface area contributed by atoms with Crippen molar-refractivity contribution in [1.29, 1.82) is 0 Å². The molecule has 6 nitrogen and oxygen atoms in total. The fraction of sp³-hybridized carbons (Fsp3) is 0. The summed E-state index contributed by atoms with van der Waals surface area (Å²) in [5, 5.41) is 8.53. The summed E-state index contributed by atoms with van der Waals surface area (Å²) in [6.07, 6.45) is 1.40. The Bertz CT molecular complexity index is 733. The highest BCUT2D eigenvalue weighted by Gasteiger charge is 2.10. The van der Waals surface area contributed by atoms with E-state index in [1.165, 1.54) is 11.0 Å². The van der Waals surface area contributed by atoms with Gasteiger partial charge in [0.1, 0.15) is 6.33 Å². The summed E-state index contributed by atoms with van der Waals surface area (Å²) in [6.45, 7) is 0. The Hall–Kier alpha value is -3.15. The topological polar surface area (TPSA) is 81.1 Å². The van der Waals surface area contributed by atoms with E-state index in [0.717, 1.165) is 11.3 Å². The van der Waals surface area contributed by atoms with Crippen LogP contribution in [0, 0.1) is 0 Å². The maximum Gasteiger partial charge on any atom is 0.224 e. The van der Waals surface area contributed by atoms with Crippen molar-refractivity contribution in [1.82, 2.24) is 14.8 Å². The van der Waals surface area contributed by atoms with Crippen LogP contribution in [0.4, 0.5) is 11.6 Å². The van der Waals surface area contributed by atoms with Gasteiger partial charge in [-0.1, -0.05) is 48.5 Å². The first-order valence-corrected chi connectivity index (χ1v) is 6.44. The molecule has 0 saturated heterocycles. The minimum atomic E-state index is 0.285. The van der Waals surface area contributed by atoms with Crippen molar-refractivity contribution in [3.05, 3.63) is 72.6 Å². The molecule has 2 aromatic carbocycles. The zero-order valence-corrected chi connectivity index (χ0v) is 11.2. The van der Waals surface area contributed by atoms with Crippen LogP contribution >= 0.6 is 0 Å². The molecule has 3 rings (SSSR count). The van der Waals surface area contributed by atoms with Crippen molar-refractivity contribution in [2.45, 2.75) is 0 Å². The predicted octanol–water partition coefficient (Wildman–Crippen LogP) is 2.18. The van der Waals surface area contributed by atoms with Crippen molar-refractivity contribution in [3.63, 3.8) is 0 Å². The summed E-state index contributed by atoms with van der Waals surface area (Å²) in [5.74, 6) is 0.863. The quantitative estimate of drug-likeness (QED) is 0.437. The molecule has 0 saturated carbocycles. The van der Waals surface area contributed by atoms with E-state index in [-0.39, 0.29) is 5.95 Å². The summed E-state index contributed by atoms with van der Waals surface area (Å²) < 4.78 is 1.49. The van der Waals surface area contributed by atoms with Crippen LogP contribution in [0.15, 0.2) is 72.1 Å². The fourth-order valence-electron chi connectivity index (χ4n) is 1.87. The lowest BCUT2D eigenvalue weighted by Gasteiger charge is -2.08. The smallest absolute Gasteiger partial charge is 0.224 e. The molecule has 104 valence electrons. The highest BCUT2D eigenvalue weighted by molar-refractivity contribution is 6.01. The maximum absolute atomic E-state index is 5.83. The van der Waals surface area contributed by atoms with Gasteiger partial charge in [0.25, 0.3) is 0 Å². The van der Waals surface area contributed by atoms with Crippen LogP contribution < -0.4 is 11.2 Å². The SMILES string of the molecule is Nc1ncnn1/C(=N\Nc1ccccc1)c1ccccc1. The first-order chi connectivity index (χ1) is 10.3. The molecule has 1 aromatic heterocycles. The molecular formula is C15H14N6. The molecule has 3 aromatic rings. The molecule has 0 unspecified atom stereocenters. The number of rotatable bonds is 3. The van der Waals surface area contributed by atoms with Gasteiger partial charge in [0.2, 0.25) is 5.95 Å². The lowest BCUT2D eigenvalue weighted by Crippen LogP contribution is -2.19. The van der Waals surface area contributed by atoms with Gasteiger partial charge in [-0.15, -0.1) is 0 Å². The Balaban J connectivity index is 1.99. The molecule has 0 aliphatic heterocycles. The average molecular weight is 278 g/mol. The molecule has 0 spiro atoms. The van der Waals surface area contributed by atoms with E-state index in [9.17, 15) is 0 Å². The third-order valence-electron chi connectivity index (χ3n) is 2.87. The average Bonchev–Trinajstić information content (AvgIpc) is 2.96. The van der Waals surface area contributed by atoms with Crippen molar-refractivity contribution < 1.29 is 0 Å². The number of anilines is 2. The van der Waals surface area contributed by atoms with E-state index in [4.69, 9.17) is 5.73 Å². The molecule has 21 heavy (non-hydrogen) atoms. The van der Waals surface area contributed by atoms with Crippen LogP contribution in [0.5, 0.6) is 0 Å². The van der Waals surface area contributed by atoms with Gasteiger partial charge in [0.15, 0.2) is 5.84 Å². The van der Waals surface area contributed by atoms with Crippen molar-refractivity contribution >= 4 is 17.5 Å². The van der Waals surface area contributed by atoms with Gasteiger partial charge >= 0.3 is 0 Å². The Labute approximate surface area is 121 Å². The third-order valence-corrected chi connectivity index (χ3v) is 2.87. The van der Waals surface area contributed by atoms with Gasteiger partial charge < -0.3 is 5.73 Å². The molecule has 1 heterocycles. The van der Waals surface area contributed by atoms with Crippen LogP contribution in [-0.2, 0) is 0 Å². The van der Waals surface area contributed by atoms with Gasteiger partial charge in [-0.3, -0.25) is 5.43 Å². The zero-order chi connectivity index (χ0) is 14.5. The lowest BCUT2D eigenvalue weighted by atomic mass is 10.2. The van der Waals surface area contributed by atoms with Gasteiger partial charge in [0.05, 0.1) is 5.69 Å². The van der Waals surface area contributed by atoms with Gasteiger partial charge in [-0.05, 0) is 12.1 Å². The number of hydrazone groups is 1. The van der Waals surface area contributed by atoms with Gasteiger partial charge in [-0.2, -0.15) is 19.9 Å². The Kier molecular flexibility index (Phi) is 3.60. The molecule has 0 aliphatic carbocycles. The molecule has 3 N–H and O–H groups in total. The minimum absolute atomic E-state index is 0.285.